The second kappa shape index (κ2) is 6.28. The highest BCUT2D eigenvalue weighted by atomic mass is 16.5. The van der Waals surface area contributed by atoms with Gasteiger partial charge in [0.15, 0.2) is 5.69 Å². The molecule has 0 spiro atoms. The third kappa shape index (κ3) is 3.43. The van der Waals surface area contributed by atoms with Crippen LogP contribution in [0.25, 0.3) is 0 Å². The van der Waals surface area contributed by atoms with Crippen LogP contribution in [-0.4, -0.2) is 28.7 Å². The van der Waals surface area contributed by atoms with Crippen LogP contribution in [-0.2, 0) is 4.79 Å². The third-order valence-corrected chi connectivity index (χ3v) is 4.18. The Morgan fingerprint density at radius 2 is 2.05 bits per heavy atom. The minimum Gasteiger partial charge on any atom is -0.481 e. The summed E-state index contributed by atoms with van der Waals surface area (Å²) in [5.41, 5.74) is -0.631. The van der Waals surface area contributed by atoms with Gasteiger partial charge < -0.3 is 14.9 Å². The van der Waals surface area contributed by atoms with Gasteiger partial charge in [0.1, 0.15) is 5.76 Å². The molecule has 0 atom stereocenters. The van der Waals surface area contributed by atoms with Crippen molar-refractivity contribution in [2.75, 3.05) is 6.54 Å². The summed E-state index contributed by atoms with van der Waals surface area (Å²) >= 11 is 0. The van der Waals surface area contributed by atoms with Gasteiger partial charge in [-0.05, 0) is 12.8 Å². The highest BCUT2D eigenvalue weighted by Gasteiger charge is 2.40. The van der Waals surface area contributed by atoms with Crippen LogP contribution in [0, 0.1) is 5.41 Å². The van der Waals surface area contributed by atoms with Gasteiger partial charge in [-0.15, -0.1) is 0 Å². The zero-order valence-electron chi connectivity index (χ0n) is 12.5. The van der Waals surface area contributed by atoms with Crippen molar-refractivity contribution < 1.29 is 19.2 Å². The van der Waals surface area contributed by atoms with Gasteiger partial charge in [0.2, 0.25) is 0 Å². The maximum absolute atomic E-state index is 12.1. The first kappa shape index (κ1) is 15.5. The topological polar surface area (TPSA) is 92.4 Å². The summed E-state index contributed by atoms with van der Waals surface area (Å²) in [4.78, 5) is 23.6. The van der Waals surface area contributed by atoms with Crippen molar-refractivity contribution >= 4 is 11.9 Å². The molecule has 1 aromatic rings. The summed E-state index contributed by atoms with van der Waals surface area (Å²) in [5, 5.41) is 15.9. The van der Waals surface area contributed by atoms with Crippen molar-refractivity contribution in [1.82, 2.24) is 10.5 Å². The van der Waals surface area contributed by atoms with Crippen LogP contribution in [0.15, 0.2) is 10.6 Å². The standard InChI is InChI=1S/C15H22N2O4/c1-10(2)12-8-11(17-21-12)13(18)16-9-15(14(19)20)6-4-3-5-7-15/h8,10H,3-7,9H2,1-2H3,(H,16,18)(H,19,20). The Balaban J connectivity index is 1.99. The molecule has 0 saturated heterocycles. The van der Waals surface area contributed by atoms with Gasteiger partial charge in [0.05, 0.1) is 5.41 Å². The van der Waals surface area contributed by atoms with E-state index in [9.17, 15) is 14.7 Å². The van der Waals surface area contributed by atoms with E-state index in [1.165, 1.54) is 0 Å². The van der Waals surface area contributed by atoms with Crippen molar-refractivity contribution in [2.24, 2.45) is 5.41 Å². The fourth-order valence-corrected chi connectivity index (χ4v) is 2.70. The first-order chi connectivity index (χ1) is 9.94. The Kier molecular flexibility index (Phi) is 4.65. The molecule has 1 fully saturated rings. The smallest absolute Gasteiger partial charge is 0.311 e. The fourth-order valence-electron chi connectivity index (χ4n) is 2.70. The van der Waals surface area contributed by atoms with Crippen molar-refractivity contribution in [3.05, 3.63) is 17.5 Å². The minimum absolute atomic E-state index is 0.144. The van der Waals surface area contributed by atoms with Crippen LogP contribution < -0.4 is 5.32 Å². The van der Waals surface area contributed by atoms with E-state index in [0.717, 1.165) is 19.3 Å². The van der Waals surface area contributed by atoms with Crippen molar-refractivity contribution in [3.8, 4) is 0 Å². The van der Waals surface area contributed by atoms with E-state index in [0.29, 0.717) is 18.6 Å². The normalized spacial score (nSPS) is 17.7. The Morgan fingerprint density at radius 3 is 2.57 bits per heavy atom. The molecular weight excluding hydrogens is 272 g/mol. The van der Waals surface area contributed by atoms with Gasteiger partial charge in [-0.1, -0.05) is 38.3 Å². The van der Waals surface area contributed by atoms with Crippen LogP contribution in [0.2, 0.25) is 0 Å². The summed E-state index contributed by atoms with van der Waals surface area (Å²) in [6, 6.07) is 1.61. The molecule has 0 radical (unpaired) electrons. The summed E-state index contributed by atoms with van der Waals surface area (Å²) in [7, 11) is 0. The molecule has 1 aliphatic carbocycles. The van der Waals surface area contributed by atoms with Gasteiger partial charge in [-0.2, -0.15) is 0 Å². The van der Waals surface area contributed by atoms with Gasteiger partial charge in [-0.3, -0.25) is 9.59 Å². The summed E-state index contributed by atoms with van der Waals surface area (Å²) < 4.78 is 5.08. The Labute approximate surface area is 123 Å². The lowest BCUT2D eigenvalue weighted by atomic mass is 9.74. The molecule has 0 aliphatic heterocycles. The number of rotatable bonds is 5. The van der Waals surface area contributed by atoms with Crippen LogP contribution in [0.5, 0.6) is 0 Å². The van der Waals surface area contributed by atoms with Crippen molar-refractivity contribution in [2.45, 2.75) is 51.9 Å². The highest BCUT2D eigenvalue weighted by molar-refractivity contribution is 5.92. The molecule has 1 amide bonds. The molecule has 6 nitrogen and oxygen atoms in total. The predicted octanol–water partition coefficient (Wildman–Crippen LogP) is 2.56. The molecule has 21 heavy (non-hydrogen) atoms. The number of nitrogens with one attached hydrogen (secondary N) is 1. The minimum atomic E-state index is -0.835. The number of carbonyl (C=O) groups is 2. The quantitative estimate of drug-likeness (QED) is 0.870. The van der Waals surface area contributed by atoms with Gasteiger partial charge in [0, 0.05) is 18.5 Å². The van der Waals surface area contributed by atoms with Crippen LogP contribution in [0.3, 0.4) is 0 Å². The second-order valence-corrected chi connectivity index (χ2v) is 6.10. The molecule has 6 heteroatoms. The second-order valence-electron chi connectivity index (χ2n) is 6.10. The number of hydrogen-bond donors (Lipinski definition) is 2. The van der Waals surface area contributed by atoms with Crippen LogP contribution >= 0.6 is 0 Å². The molecule has 1 heterocycles. The monoisotopic (exact) mass is 294 g/mol. The summed E-state index contributed by atoms with van der Waals surface area (Å²) in [5.74, 6) is -0.407. The average Bonchev–Trinajstić information content (AvgIpc) is 2.95. The van der Waals surface area contributed by atoms with Crippen LogP contribution in [0.1, 0.15) is 68.1 Å². The molecule has 0 bridgehead atoms. The largest absolute Gasteiger partial charge is 0.481 e. The molecule has 2 rings (SSSR count). The Morgan fingerprint density at radius 1 is 1.38 bits per heavy atom. The first-order valence-electron chi connectivity index (χ1n) is 7.43. The lowest BCUT2D eigenvalue weighted by molar-refractivity contribution is -0.150. The number of aliphatic carboxylic acids is 1. The van der Waals surface area contributed by atoms with Crippen molar-refractivity contribution in [3.63, 3.8) is 0 Å². The number of amides is 1. The first-order valence-corrected chi connectivity index (χ1v) is 7.43. The number of hydrogen-bond acceptors (Lipinski definition) is 4. The number of nitrogens with zero attached hydrogens (tertiary/aromatic N) is 1. The molecule has 1 aromatic heterocycles. The SMILES string of the molecule is CC(C)c1cc(C(=O)NCC2(C(=O)O)CCCCC2)no1. The summed E-state index contributed by atoms with van der Waals surface area (Å²) in [6.45, 7) is 4.04. The molecule has 1 aliphatic rings. The Bertz CT molecular complexity index is 515. The predicted molar refractivity (Wildman–Crippen MR) is 76.1 cm³/mol. The van der Waals surface area contributed by atoms with E-state index in [1.54, 1.807) is 6.07 Å². The van der Waals surface area contributed by atoms with Crippen molar-refractivity contribution in [1.29, 1.82) is 0 Å². The number of aromatic nitrogens is 1. The number of carbonyl (C=O) groups excluding carboxylic acids is 1. The van der Waals surface area contributed by atoms with Gasteiger partial charge in [-0.25, -0.2) is 0 Å². The zero-order chi connectivity index (χ0) is 15.5. The number of carboxylic acid groups (broad SMARTS) is 1. The average molecular weight is 294 g/mol. The molecule has 0 unspecified atom stereocenters. The van der Waals surface area contributed by atoms with E-state index in [1.807, 2.05) is 13.8 Å². The van der Waals surface area contributed by atoms with E-state index in [-0.39, 0.29) is 24.1 Å². The van der Waals surface area contributed by atoms with E-state index >= 15 is 0 Å². The Hall–Kier alpha value is -1.85. The zero-order valence-corrected chi connectivity index (χ0v) is 12.5. The third-order valence-electron chi connectivity index (χ3n) is 4.18. The van der Waals surface area contributed by atoms with Gasteiger partial charge in [0.25, 0.3) is 5.91 Å². The molecule has 116 valence electrons. The lowest BCUT2D eigenvalue weighted by Gasteiger charge is -2.33. The molecule has 0 aromatic carbocycles. The molecule has 2 N–H and O–H groups in total. The maximum Gasteiger partial charge on any atom is 0.311 e. The fraction of sp³-hybridized carbons (Fsp3) is 0.667. The maximum atomic E-state index is 12.1. The summed E-state index contributed by atoms with van der Waals surface area (Å²) in [6.07, 6.45) is 4.06. The highest BCUT2D eigenvalue weighted by Crippen LogP contribution is 2.36. The van der Waals surface area contributed by atoms with E-state index in [2.05, 4.69) is 10.5 Å². The lowest BCUT2D eigenvalue weighted by Crippen LogP contribution is -2.44. The van der Waals surface area contributed by atoms with Crippen LogP contribution in [0.4, 0.5) is 0 Å². The van der Waals surface area contributed by atoms with E-state index in [4.69, 9.17) is 4.52 Å². The number of carboxylic acids is 1. The van der Waals surface area contributed by atoms with Gasteiger partial charge >= 0.3 is 5.97 Å². The molecule has 1 saturated carbocycles. The molecular formula is C15H22N2O4. The van der Waals surface area contributed by atoms with E-state index < -0.39 is 11.4 Å².